The highest BCUT2D eigenvalue weighted by Crippen LogP contribution is 2.16. The first-order chi connectivity index (χ1) is 6.93. The van der Waals surface area contributed by atoms with Gasteiger partial charge in [-0.05, 0) is 39.0 Å². The molecule has 0 fully saturated rings. The predicted octanol–water partition coefficient (Wildman–Crippen LogP) is 2.24. The molecule has 0 aromatic heterocycles. The van der Waals surface area contributed by atoms with E-state index in [0.29, 0.717) is 0 Å². The van der Waals surface area contributed by atoms with Crippen LogP contribution in [0, 0.1) is 12.3 Å². The molecule has 15 heavy (non-hydrogen) atoms. The van der Waals surface area contributed by atoms with Crippen molar-refractivity contribution in [1.29, 1.82) is 0 Å². The van der Waals surface area contributed by atoms with Crippen molar-refractivity contribution in [3.63, 3.8) is 0 Å². The van der Waals surface area contributed by atoms with Crippen LogP contribution in [0.5, 0.6) is 0 Å². The lowest BCUT2D eigenvalue weighted by Gasteiger charge is -2.27. The Morgan fingerprint density at radius 1 is 1.47 bits per heavy atom. The van der Waals surface area contributed by atoms with E-state index in [1.165, 1.54) is 0 Å². The minimum Gasteiger partial charge on any atom is -0.388 e. The van der Waals surface area contributed by atoms with E-state index in [1.807, 2.05) is 31.2 Å². The highest BCUT2D eigenvalue weighted by Gasteiger charge is 2.21. The van der Waals surface area contributed by atoms with Crippen LogP contribution in [0.2, 0.25) is 0 Å². The molecule has 0 aliphatic rings. The highest BCUT2D eigenvalue weighted by molar-refractivity contribution is 5.50. The second-order valence-corrected chi connectivity index (χ2v) is 4.24. The van der Waals surface area contributed by atoms with Crippen LogP contribution in [0.15, 0.2) is 24.3 Å². The van der Waals surface area contributed by atoms with E-state index >= 15 is 0 Å². The minimum atomic E-state index is -0.758. The van der Waals surface area contributed by atoms with Gasteiger partial charge in [-0.15, -0.1) is 6.42 Å². The van der Waals surface area contributed by atoms with Gasteiger partial charge < -0.3 is 10.4 Å². The first-order valence-corrected chi connectivity index (χ1v) is 4.99. The Morgan fingerprint density at radius 3 is 2.67 bits per heavy atom. The van der Waals surface area contributed by atoms with Crippen LogP contribution in [0.1, 0.15) is 26.3 Å². The van der Waals surface area contributed by atoms with Crippen LogP contribution < -0.4 is 5.32 Å². The number of benzene rings is 1. The molecule has 1 rings (SSSR count). The van der Waals surface area contributed by atoms with E-state index in [0.717, 1.165) is 11.3 Å². The number of rotatable bonds is 3. The lowest BCUT2D eigenvalue weighted by Crippen LogP contribution is -2.39. The quantitative estimate of drug-likeness (QED) is 0.738. The van der Waals surface area contributed by atoms with Gasteiger partial charge in [0.1, 0.15) is 0 Å². The molecular formula is C13H17NO. The van der Waals surface area contributed by atoms with Crippen LogP contribution in [-0.4, -0.2) is 16.7 Å². The van der Waals surface area contributed by atoms with Gasteiger partial charge in [0.25, 0.3) is 0 Å². The van der Waals surface area contributed by atoms with E-state index in [2.05, 4.69) is 11.2 Å². The zero-order chi connectivity index (χ0) is 11.5. The van der Waals surface area contributed by atoms with Crippen LogP contribution in [0.4, 0.5) is 5.69 Å². The second-order valence-electron chi connectivity index (χ2n) is 4.24. The summed E-state index contributed by atoms with van der Waals surface area (Å²) < 4.78 is 0. The van der Waals surface area contributed by atoms with Crippen molar-refractivity contribution >= 4 is 5.69 Å². The molecule has 1 atom stereocenters. The molecule has 1 aromatic carbocycles. The highest BCUT2D eigenvalue weighted by atomic mass is 16.3. The molecule has 1 aromatic rings. The van der Waals surface area contributed by atoms with E-state index in [9.17, 15) is 5.11 Å². The van der Waals surface area contributed by atoms with Crippen LogP contribution in [0.3, 0.4) is 0 Å². The molecule has 0 bridgehead atoms. The average Bonchev–Trinajstić information content (AvgIpc) is 2.16. The lowest BCUT2D eigenvalue weighted by atomic mass is 10.0. The summed E-state index contributed by atoms with van der Waals surface area (Å²) in [5.41, 5.74) is 1.01. The maximum Gasteiger partial charge on any atom is 0.0789 e. The van der Waals surface area contributed by atoms with E-state index in [1.54, 1.807) is 13.8 Å². The summed E-state index contributed by atoms with van der Waals surface area (Å²) in [6, 6.07) is 7.56. The fourth-order valence-corrected chi connectivity index (χ4v) is 1.13. The molecule has 0 aliphatic carbocycles. The number of terminal acetylenes is 1. The van der Waals surface area contributed by atoms with Crippen molar-refractivity contribution in [2.75, 3.05) is 5.32 Å². The van der Waals surface area contributed by atoms with Gasteiger partial charge in [0.15, 0.2) is 0 Å². The Labute approximate surface area is 91.3 Å². The monoisotopic (exact) mass is 203 g/mol. The molecule has 0 heterocycles. The molecule has 2 nitrogen and oxygen atoms in total. The third-order valence-corrected chi connectivity index (χ3v) is 2.47. The predicted molar refractivity (Wildman–Crippen MR) is 63.8 cm³/mol. The molecular weight excluding hydrogens is 186 g/mol. The summed E-state index contributed by atoms with van der Waals surface area (Å²) >= 11 is 0. The van der Waals surface area contributed by atoms with Gasteiger partial charge in [0.2, 0.25) is 0 Å². The number of hydrogen-bond acceptors (Lipinski definition) is 2. The Balaban J connectivity index is 2.78. The SMILES string of the molecule is C#Cc1cccc(NC(C)C(C)(C)O)c1. The summed E-state index contributed by atoms with van der Waals surface area (Å²) in [6.07, 6.45) is 5.31. The summed E-state index contributed by atoms with van der Waals surface area (Å²) in [4.78, 5) is 0. The zero-order valence-electron chi connectivity index (χ0n) is 9.41. The topological polar surface area (TPSA) is 32.3 Å². The summed E-state index contributed by atoms with van der Waals surface area (Å²) in [6.45, 7) is 5.48. The molecule has 0 radical (unpaired) electrons. The van der Waals surface area contributed by atoms with Gasteiger partial charge in [0.05, 0.1) is 11.6 Å². The Kier molecular flexibility index (Phi) is 3.39. The van der Waals surface area contributed by atoms with Crippen LogP contribution >= 0.6 is 0 Å². The first kappa shape index (κ1) is 11.6. The maximum absolute atomic E-state index is 9.77. The van der Waals surface area contributed by atoms with Gasteiger partial charge in [-0.2, -0.15) is 0 Å². The fraction of sp³-hybridized carbons (Fsp3) is 0.385. The number of hydrogen-bond donors (Lipinski definition) is 2. The Morgan fingerprint density at radius 2 is 2.13 bits per heavy atom. The van der Waals surface area contributed by atoms with Crippen LogP contribution in [-0.2, 0) is 0 Å². The van der Waals surface area contributed by atoms with Crippen molar-refractivity contribution in [1.82, 2.24) is 0 Å². The largest absolute Gasteiger partial charge is 0.388 e. The summed E-state index contributed by atoms with van der Waals surface area (Å²) in [5.74, 6) is 2.58. The molecule has 2 heteroatoms. The van der Waals surface area contributed by atoms with Gasteiger partial charge in [0, 0.05) is 11.3 Å². The van der Waals surface area contributed by atoms with E-state index < -0.39 is 5.60 Å². The fourth-order valence-electron chi connectivity index (χ4n) is 1.13. The summed E-state index contributed by atoms with van der Waals surface area (Å²) in [5, 5.41) is 13.0. The second kappa shape index (κ2) is 4.37. The van der Waals surface area contributed by atoms with Crippen molar-refractivity contribution in [2.45, 2.75) is 32.4 Å². The van der Waals surface area contributed by atoms with Gasteiger partial charge in [-0.25, -0.2) is 0 Å². The van der Waals surface area contributed by atoms with Crippen LogP contribution in [0.25, 0.3) is 0 Å². The Bertz CT molecular complexity index is 371. The molecule has 0 saturated heterocycles. The lowest BCUT2D eigenvalue weighted by molar-refractivity contribution is 0.0649. The Hall–Kier alpha value is -1.46. The molecule has 0 saturated carbocycles. The van der Waals surface area contributed by atoms with Crippen molar-refractivity contribution in [2.24, 2.45) is 0 Å². The third kappa shape index (κ3) is 3.30. The molecule has 0 aliphatic heterocycles. The van der Waals surface area contributed by atoms with Gasteiger partial charge in [-0.1, -0.05) is 12.0 Å². The normalized spacial score (nSPS) is 13.0. The number of aliphatic hydroxyl groups is 1. The minimum absolute atomic E-state index is 0.0366. The number of nitrogens with one attached hydrogen (secondary N) is 1. The molecule has 2 N–H and O–H groups in total. The standard InChI is InChI=1S/C13H17NO/c1-5-11-7-6-8-12(9-11)14-10(2)13(3,4)15/h1,6-10,14-15H,2-4H3. The molecule has 1 unspecified atom stereocenters. The third-order valence-electron chi connectivity index (χ3n) is 2.47. The summed E-state index contributed by atoms with van der Waals surface area (Å²) in [7, 11) is 0. The van der Waals surface area contributed by atoms with E-state index in [4.69, 9.17) is 6.42 Å². The zero-order valence-corrected chi connectivity index (χ0v) is 9.41. The molecule has 0 amide bonds. The van der Waals surface area contributed by atoms with Crippen molar-refractivity contribution in [3.05, 3.63) is 29.8 Å². The van der Waals surface area contributed by atoms with E-state index in [-0.39, 0.29) is 6.04 Å². The first-order valence-electron chi connectivity index (χ1n) is 4.99. The maximum atomic E-state index is 9.77. The average molecular weight is 203 g/mol. The molecule has 0 spiro atoms. The van der Waals surface area contributed by atoms with Crippen molar-refractivity contribution in [3.8, 4) is 12.3 Å². The van der Waals surface area contributed by atoms with Gasteiger partial charge in [-0.3, -0.25) is 0 Å². The van der Waals surface area contributed by atoms with Crippen molar-refractivity contribution < 1.29 is 5.11 Å². The number of anilines is 1. The smallest absolute Gasteiger partial charge is 0.0789 e. The van der Waals surface area contributed by atoms with Gasteiger partial charge >= 0.3 is 0 Å². The molecule has 80 valence electrons.